The quantitative estimate of drug-likeness (QED) is 0.171. The molecule has 2 aliphatic carbocycles. The van der Waals surface area contributed by atoms with E-state index in [4.69, 9.17) is 4.74 Å². The zero-order valence-corrected chi connectivity index (χ0v) is 37.9. The van der Waals surface area contributed by atoms with Gasteiger partial charge >= 0.3 is 0 Å². The van der Waals surface area contributed by atoms with Crippen LogP contribution in [0.1, 0.15) is 47.2 Å². The minimum absolute atomic E-state index is 0.00832. The van der Waals surface area contributed by atoms with Gasteiger partial charge in [-0.1, -0.05) is 202 Å². The van der Waals surface area contributed by atoms with Crippen LogP contribution >= 0.6 is 0 Å². The monoisotopic (exact) mass is 867 g/mol. The predicted molar refractivity (Wildman–Crippen MR) is 282 cm³/mol. The summed E-state index contributed by atoms with van der Waals surface area (Å²) in [5, 5.41) is 4.59. The van der Waals surface area contributed by atoms with E-state index in [0.29, 0.717) is 0 Å². The van der Waals surface area contributed by atoms with Gasteiger partial charge in [-0.25, -0.2) is 0 Å². The Kier molecular flexibility index (Phi) is 8.28. The summed E-state index contributed by atoms with van der Waals surface area (Å²) >= 11 is 0. The second-order valence-electron chi connectivity index (χ2n) is 19.2. The first-order chi connectivity index (χ1) is 33.5. The fourth-order valence-corrected chi connectivity index (χ4v) is 12.1. The molecule has 0 fully saturated rings. The number of ether oxygens (including phenoxy) is 1. The molecule has 0 atom stereocenters. The second-order valence-corrected chi connectivity index (χ2v) is 19.2. The van der Waals surface area contributed by atoms with Gasteiger partial charge in [0.2, 0.25) is 0 Å². The molecule has 14 rings (SSSR count). The molecule has 0 N–H and O–H groups in total. The number of hydrogen-bond acceptors (Lipinski definition) is 2. The van der Waals surface area contributed by atoms with E-state index in [1.165, 1.54) is 88.7 Å². The Balaban J connectivity index is 0.857. The Bertz CT molecular complexity index is 3760. The van der Waals surface area contributed by atoms with Crippen molar-refractivity contribution in [1.82, 2.24) is 0 Å². The summed E-state index contributed by atoms with van der Waals surface area (Å²) in [7, 11) is 0. The predicted octanol–water partition coefficient (Wildman–Crippen LogP) is 17.6. The fourth-order valence-electron chi connectivity index (χ4n) is 12.1. The van der Waals surface area contributed by atoms with Crippen LogP contribution in [0.3, 0.4) is 0 Å². The molecule has 0 amide bonds. The third kappa shape index (κ3) is 5.46. The Hall–Kier alpha value is -8.46. The smallest absolute Gasteiger partial charge is 0.140 e. The van der Waals surface area contributed by atoms with Crippen molar-refractivity contribution in [2.45, 2.75) is 24.7 Å². The molecule has 320 valence electrons. The molecule has 1 heterocycles. The van der Waals surface area contributed by atoms with E-state index in [9.17, 15) is 0 Å². The van der Waals surface area contributed by atoms with Crippen LogP contribution in [0.2, 0.25) is 0 Å². The van der Waals surface area contributed by atoms with Crippen LogP contribution < -0.4 is 9.64 Å². The summed E-state index contributed by atoms with van der Waals surface area (Å²) in [6, 6.07) is 87.2. The summed E-state index contributed by atoms with van der Waals surface area (Å²) in [4.78, 5) is 2.35. The Morgan fingerprint density at radius 2 is 0.706 bits per heavy atom. The lowest BCUT2D eigenvalue weighted by atomic mass is 9.65. The maximum atomic E-state index is 7.16. The van der Waals surface area contributed by atoms with Gasteiger partial charge in [0, 0.05) is 44.4 Å². The van der Waals surface area contributed by atoms with Crippen LogP contribution in [0.5, 0.6) is 11.5 Å². The molecule has 11 aromatic rings. The van der Waals surface area contributed by atoms with Crippen molar-refractivity contribution >= 4 is 38.6 Å². The van der Waals surface area contributed by atoms with Gasteiger partial charge in [-0.3, -0.25) is 0 Å². The molecule has 0 aromatic heterocycles. The van der Waals surface area contributed by atoms with Crippen molar-refractivity contribution in [2.24, 2.45) is 0 Å². The van der Waals surface area contributed by atoms with Crippen molar-refractivity contribution in [1.29, 1.82) is 0 Å². The average Bonchev–Trinajstić information content (AvgIpc) is 3.81. The fraction of sp³-hybridized carbons (Fsp3) is 0.0606. The normalized spacial score (nSPS) is 14.1. The average molecular weight is 868 g/mol. The Morgan fingerprint density at radius 3 is 1.29 bits per heavy atom. The van der Waals surface area contributed by atoms with Crippen LogP contribution in [-0.4, -0.2) is 0 Å². The van der Waals surface area contributed by atoms with Crippen LogP contribution in [0, 0.1) is 0 Å². The van der Waals surface area contributed by atoms with Crippen LogP contribution in [0.15, 0.2) is 237 Å². The minimum Gasteiger partial charge on any atom is -0.455 e. The number of anilines is 3. The van der Waals surface area contributed by atoms with Crippen LogP contribution in [-0.2, 0) is 10.8 Å². The van der Waals surface area contributed by atoms with E-state index in [-0.39, 0.29) is 5.41 Å². The van der Waals surface area contributed by atoms with Crippen molar-refractivity contribution in [3.63, 3.8) is 0 Å². The van der Waals surface area contributed by atoms with Crippen LogP contribution in [0.4, 0.5) is 17.1 Å². The van der Waals surface area contributed by atoms with E-state index in [0.717, 1.165) is 39.3 Å². The number of para-hydroxylation sites is 1. The molecule has 0 bridgehead atoms. The molecule has 2 heteroatoms. The molecule has 0 unspecified atom stereocenters. The minimum atomic E-state index is -0.570. The van der Waals surface area contributed by atoms with Gasteiger partial charge in [0.05, 0.1) is 5.41 Å². The lowest BCUT2D eigenvalue weighted by Gasteiger charge is -2.40. The number of rotatable bonds is 5. The summed E-state index contributed by atoms with van der Waals surface area (Å²) in [5.41, 5.74) is 20.4. The third-order valence-corrected chi connectivity index (χ3v) is 15.3. The molecule has 2 nitrogen and oxygen atoms in total. The SMILES string of the molecule is CC1(C)c2ccccc2-c2cc(-c3ccc(N(c4ccccc4)c4ccc(-c5ccc6c(c5)-c5ccccc5C65c6ccc7ccccc7c6Oc6c5ccc5ccccc65)cc4)cc3)ccc21. The van der Waals surface area contributed by atoms with E-state index < -0.39 is 5.41 Å². The van der Waals surface area contributed by atoms with Gasteiger partial charge in [0.1, 0.15) is 11.5 Å². The Morgan fingerprint density at radius 1 is 0.309 bits per heavy atom. The van der Waals surface area contributed by atoms with Crippen molar-refractivity contribution < 1.29 is 4.74 Å². The maximum absolute atomic E-state index is 7.16. The molecule has 0 saturated heterocycles. The maximum Gasteiger partial charge on any atom is 0.140 e. The van der Waals surface area contributed by atoms with E-state index in [1.54, 1.807) is 0 Å². The van der Waals surface area contributed by atoms with Gasteiger partial charge in [0.25, 0.3) is 0 Å². The summed E-state index contributed by atoms with van der Waals surface area (Å²) in [6.07, 6.45) is 0. The molecule has 0 saturated carbocycles. The van der Waals surface area contributed by atoms with Crippen molar-refractivity contribution in [3.05, 3.63) is 270 Å². The van der Waals surface area contributed by atoms with Crippen LogP contribution in [0.25, 0.3) is 66.1 Å². The van der Waals surface area contributed by atoms with Gasteiger partial charge in [0.15, 0.2) is 0 Å². The highest BCUT2D eigenvalue weighted by Gasteiger charge is 2.52. The lowest BCUT2D eigenvalue weighted by molar-refractivity contribution is 0.447. The van der Waals surface area contributed by atoms with E-state index in [1.807, 2.05) is 0 Å². The zero-order chi connectivity index (χ0) is 45.1. The van der Waals surface area contributed by atoms with Crippen molar-refractivity contribution in [3.8, 4) is 56.0 Å². The molecule has 11 aromatic carbocycles. The highest BCUT2D eigenvalue weighted by molar-refractivity contribution is 6.00. The summed E-state index contributed by atoms with van der Waals surface area (Å²) in [6.45, 7) is 4.68. The molecule has 1 spiro atoms. The molecule has 0 radical (unpaired) electrons. The van der Waals surface area contributed by atoms with Crippen molar-refractivity contribution in [2.75, 3.05) is 4.90 Å². The first-order valence-corrected chi connectivity index (χ1v) is 23.7. The molecular weight excluding hydrogens is 823 g/mol. The molecule has 1 aliphatic heterocycles. The van der Waals surface area contributed by atoms with Gasteiger partial charge in [-0.2, -0.15) is 0 Å². The highest BCUT2D eigenvalue weighted by Crippen LogP contribution is 2.64. The zero-order valence-electron chi connectivity index (χ0n) is 37.9. The van der Waals surface area contributed by atoms with Gasteiger partial charge in [-0.15, -0.1) is 0 Å². The second kappa shape index (κ2) is 14.5. The molecular formula is C66H45NO. The first-order valence-electron chi connectivity index (χ1n) is 23.7. The largest absolute Gasteiger partial charge is 0.455 e. The highest BCUT2D eigenvalue weighted by atomic mass is 16.5. The molecule has 3 aliphatic rings. The topological polar surface area (TPSA) is 12.5 Å². The summed E-state index contributed by atoms with van der Waals surface area (Å²) in [5.74, 6) is 1.87. The number of hydrogen-bond donors (Lipinski definition) is 0. The van der Waals surface area contributed by atoms with E-state index >= 15 is 0 Å². The van der Waals surface area contributed by atoms with E-state index in [2.05, 4.69) is 255 Å². The number of fused-ring (bicyclic) bond motifs is 16. The summed E-state index contributed by atoms with van der Waals surface area (Å²) < 4.78 is 7.16. The first kappa shape index (κ1) is 38.8. The lowest BCUT2D eigenvalue weighted by Crippen LogP contribution is -2.32. The van der Waals surface area contributed by atoms with Gasteiger partial charge in [-0.05, 0) is 126 Å². The van der Waals surface area contributed by atoms with Gasteiger partial charge < -0.3 is 9.64 Å². The Labute approximate surface area is 397 Å². The number of benzene rings is 11. The third-order valence-electron chi connectivity index (χ3n) is 15.3. The molecule has 68 heavy (non-hydrogen) atoms. The number of nitrogens with zero attached hydrogens (tertiary/aromatic N) is 1. The standard InChI is InChI=1S/C66H45NO/c1-65(2)57-22-12-10-20-53(57)55-40-46(30-36-58(55)65)42-24-32-49(33-25-42)67(48-16-4-3-5-17-48)50-34-26-43(27-35-50)47-31-37-60-56(41-47)54-21-11-13-23-59(54)66(60)61-38-28-44-14-6-8-18-51(44)63(61)68-64-52-19-9-7-15-45(52)29-39-62(64)66/h3-41H,1-2H3.